The van der Waals surface area contributed by atoms with Gasteiger partial charge in [0.2, 0.25) is 11.8 Å². The van der Waals surface area contributed by atoms with Crippen molar-refractivity contribution < 1.29 is 23.7 Å². The van der Waals surface area contributed by atoms with Crippen LogP contribution in [0.2, 0.25) is 0 Å². The highest BCUT2D eigenvalue weighted by atomic mass is 19.1. The number of hydrogen-bond acceptors (Lipinski definition) is 8. The third kappa shape index (κ3) is 5.17. The third-order valence-electron chi connectivity index (χ3n) is 8.98. The molecule has 45 heavy (non-hydrogen) atoms. The van der Waals surface area contributed by atoms with Gasteiger partial charge in [0.05, 0.1) is 32.3 Å². The highest BCUT2D eigenvalue weighted by Gasteiger charge is 2.53. The molecule has 6 rings (SSSR count). The second kappa shape index (κ2) is 12.5. The zero-order chi connectivity index (χ0) is 31.6. The summed E-state index contributed by atoms with van der Waals surface area (Å²) in [5.41, 5.74) is 1.59. The zero-order valence-electron chi connectivity index (χ0n) is 25.9. The summed E-state index contributed by atoms with van der Waals surface area (Å²) in [6.07, 6.45) is -0.477. The Morgan fingerprint density at radius 1 is 0.956 bits per heavy atom. The molecule has 5 aromatic rings. The average molecular weight is 612 g/mol. The average Bonchev–Trinajstić information content (AvgIpc) is 3.63. The molecule has 2 N–H and O–H groups in total. The van der Waals surface area contributed by atoms with E-state index in [1.807, 2.05) is 74.5 Å². The fraction of sp³-hybridized carbons (Fsp3) is 0.343. The SMILES string of the molecule is CCOc1nc(NC(c2ccccc2)(c2ccccc2)c2ccc(OC)cc2)nc2c1ncn2[C@@H]1O[C@@](CC)(CO)[C@@H](C)[C@H]1F. The van der Waals surface area contributed by atoms with Crippen molar-refractivity contribution in [3.63, 3.8) is 0 Å². The first-order chi connectivity index (χ1) is 21.9. The molecule has 0 unspecified atom stereocenters. The molecule has 2 aromatic heterocycles. The molecule has 3 heterocycles. The van der Waals surface area contributed by atoms with E-state index in [9.17, 15) is 5.11 Å². The number of halogens is 1. The topological polar surface area (TPSA) is 104 Å². The first-order valence-electron chi connectivity index (χ1n) is 15.2. The van der Waals surface area contributed by atoms with Crippen molar-refractivity contribution in [3.05, 3.63) is 108 Å². The molecule has 1 aliphatic heterocycles. The number of methoxy groups -OCH3 is 1. The summed E-state index contributed by atoms with van der Waals surface area (Å²) in [4.78, 5) is 14.3. The van der Waals surface area contributed by atoms with E-state index in [4.69, 9.17) is 24.2 Å². The van der Waals surface area contributed by atoms with Gasteiger partial charge in [-0.1, -0.05) is 86.6 Å². The number of anilines is 1. The fourth-order valence-corrected chi connectivity index (χ4v) is 6.33. The van der Waals surface area contributed by atoms with Crippen LogP contribution in [-0.4, -0.2) is 56.7 Å². The van der Waals surface area contributed by atoms with E-state index in [1.54, 1.807) is 18.6 Å². The molecule has 1 fully saturated rings. The van der Waals surface area contributed by atoms with Crippen molar-refractivity contribution in [3.8, 4) is 11.6 Å². The highest BCUT2D eigenvalue weighted by molar-refractivity contribution is 5.78. The summed E-state index contributed by atoms with van der Waals surface area (Å²) in [6, 6.07) is 28.0. The molecule has 0 amide bonds. The predicted molar refractivity (Wildman–Crippen MR) is 170 cm³/mol. The van der Waals surface area contributed by atoms with E-state index in [2.05, 4.69) is 34.6 Å². The van der Waals surface area contributed by atoms with Gasteiger partial charge < -0.3 is 24.6 Å². The molecule has 10 heteroatoms. The lowest BCUT2D eigenvalue weighted by Gasteiger charge is -2.37. The Hall–Kier alpha value is -4.54. The number of imidazole rings is 1. The molecule has 234 valence electrons. The van der Waals surface area contributed by atoms with Crippen molar-refractivity contribution >= 4 is 17.1 Å². The summed E-state index contributed by atoms with van der Waals surface area (Å²) in [7, 11) is 1.64. The Kier molecular flexibility index (Phi) is 8.44. The zero-order valence-corrected chi connectivity index (χ0v) is 25.9. The summed E-state index contributed by atoms with van der Waals surface area (Å²) in [6.45, 7) is 5.56. The maximum atomic E-state index is 15.9. The third-order valence-corrected chi connectivity index (χ3v) is 8.98. The smallest absolute Gasteiger partial charge is 0.247 e. The van der Waals surface area contributed by atoms with E-state index in [0.29, 0.717) is 24.2 Å². The molecular formula is C35H38FN5O4. The summed E-state index contributed by atoms with van der Waals surface area (Å²) < 4.78 is 35.2. The van der Waals surface area contributed by atoms with Gasteiger partial charge in [-0.25, -0.2) is 9.37 Å². The number of rotatable bonds is 11. The van der Waals surface area contributed by atoms with Crippen LogP contribution in [0.4, 0.5) is 10.3 Å². The van der Waals surface area contributed by atoms with Crippen LogP contribution in [0.25, 0.3) is 11.2 Å². The Morgan fingerprint density at radius 2 is 1.58 bits per heavy atom. The molecule has 9 nitrogen and oxygen atoms in total. The minimum atomic E-state index is -1.40. The van der Waals surface area contributed by atoms with Crippen LogP contribution in [0.1, 0.15) is 50.1 Å². The summed E-state index contributed by atoms with van der Waals surface area (Å²) >= 11 is 0. The van der Waals surface area contributed by atoms with E-state index < -0.39 is 29.5 Å². The van der Waals surface area contributed by atoms with Gasteiger partial charge in [0.25, 0.3) is 0 Å². The van der Waals surface area contributed by atoms with Crippen molar-refractivity contribution in [1.82, 2.24) is 19.5 Å². The second-order valence-electron chi connectivity index (χ2n) is 11.3. The van der Waals surface area contributed by atoms with Gasteiger partial charge in [0.1, 0.15) is 11.3 Å². The highest BCUT2D eigenvalue weighted by Crippen LogP contribution is 2.46. The van der Waals surface area contributed by atoms with Crippen molar-refractivity contribution in [2.24, 2.45) is 5.92 Å². The fourth-order valence-electron chi connectivity index (χ4n) is 6.33. The first-order valence-corrected chi connectivity index (χ1v) is 15.2. The normalized spacial score (nSPS) is 21.6. The number of alkyl halides is 1. The Labute approximate surface area is 262 Å². The van der Waals surface area contributed by atoms with Gasteiger partial charge in [0.15, 0.2) is 23.6 Å². The maximum absolute atomic E-state index is 15.9. The van der Waals surface area contributed by atoms with Crippen LogP contribution < -0.4 is 14.8 Å². The standard InChI is InChI=1S/C35H38FN5O4/c1-5-34(21-42)23(3)28(36)32(45-34)41-22-37-29-30(41)38-33(39-31(29)44-6-2)40-35(24-13-9-7-10-14-24,25-15-11-8-12-16-25)26-17-19-27(43-4)20-18-26/h7-20,22-23,28,32,42H,5-6,21H2,1-4H3,(H,38,39,40)/t23-,28+,32+,34-/m0/s1. The van der Waals surface area contributed by atoms with Crippen LogP contribution in [0, 0.1) is 5.92 Å². The lowest BCUT2D eigenvalue weighted by Crippen LogP contribution is -2.39. The quantitative estimate of drug-likeness (QED) is 0.168. The lowest BCUT2D eigenvalue weighted by molar-refractivity contribution is -0.113. The van der Waals surface area contributed by atoms with Gasteiger partial charge in [-0.05, 0) is 42.2 Å². The number of aromatic nitrogens is 4. The second-order valence-corrected chi connectivity index (χ2v) is 11.3. The number of aliphatic hydroxyl groups is 1. The van der Waals surface area contributed by atoms with Crippen molar-refractivity contribution in [2.45, 2.75) is 50.7 Å². The Balaban J connectivity index is 1.56. The van der Waals surface area contributed by atoms with E-state index in [0.717, 1.165) is 22.4 Å². The minimum absolute atomic E-state index is 0.251. The van der Waals surface area contributed by atoms with Crippen LogP contribution in [0.15, 0.2) is 91.3 Å². The number of aliphatic hydroxyl groups excluding tert-OH is 1. The molecule has 0 bridgehead atoms. The van der Waals surface area contributed by atoms with Crippen molar-refractivity contribution in [2.75, 3.05) is 25.6 Å². The molecule has 0 aliphatic carbocycles. The summed E-state index contributed by atoms with van der Waals surface area (Å²) in [5, 5.41) is 13.9. The lowest BCUT2D eigenvalue weighted by atomic mass is 9.77. The number of nitrogens with one attached hydrogen (secondary N) is 1. The van der Waals surface area contributed by atoms with Crippen molar-refractivity contribution in [1.29, 1.82) is 0 Å². The minimum Gasteiger partial charge on any atom is -0.497 e. The molecule has 0 radical (unpaired) electrons. The number of fused-ring (bicyclic) bond motifs is 1. The summed E-state index contributed by atoms with van der Waals surface area (Å²) in [5.74, 6) is 0.701. The molecule has 0 saturated carbocycles. The van der Waals surface area contributed by atoms with E-state index >= 15 is 4.39 Å². The number of hydrogen-bond donors (Lipinski definition) is 2. The Bertz CT molecular complexity index is 1690. The van der Waals surface area contributed by atoms with Crippen LogP contribution in [-0.2, 0) is 10.3 Å². The molecular weight excluding hydrogens is 573 g/mol. The van der Waals surface area contributed by atoms with Gasteiger partial charge in [-0.15, -0.1) is 0 Å². The maximum Gasteiger partial charge on any atom is 0.247 e. The van der Waals surface area contributed by atoms with Gasteiger partial charge in [-0.2, -0.15) is 9.97 Å². The van der Waals surface area contributed by atoms with Gasteiger partial charge in [0, 0.05) is 5.92 Å². The largest absolute Gasteiger partial charge is 0.497 e. The monoisotopic (exact) mass is 611 g/mol. The Morgan fingerprint density at radius 3 is 2.11 bits per heavy atom. The molecule has 3 aromatic carbocycles. The molecule has 1 aliphatic rings. The van der Waals surface area contributed by atoms with E-state index in [1.165, 1.54) is 6.33 Å². The number of benzene rings is 3. The molecule has 4 atom stereocenters. The molecule has 1 saturated heterocycles. The first kappa shape index (κ1) is 30.5. The van der Waals surface area contributed by atoms with Gasteiger partial charge >= 0.3 is 0 Å². The van der Waals surface area contributed by atoms with Gasteiger partial charge in [-0.3, -0.25) is 4.57 Å². The predicted octanol–water partition coefficient (Wildman–Crippen LogP) is 6.28. The van der Waals surface area contributed by atoms with E-state index in [-0.39, 0.29) is 18.4 Å². The van der Waals surface area contributed by atoms with Crippen LogP contribution in [0.5, 0.6) is 11.6 Å². The van der Waals surface area contributed by atoms with Crippen LogP contribution in [0.3, 0.4) is 0 Å². The number of ether oxygens (including phenoxy) is 3. The number of nitrogens with zero attached hydrogens (tertiary/aromatic N) is 4. The van der Waals surface area contributed by atoms with Crippen LogP contribution >= 0.6 is 0 Å². The molecule has 0 spiro atoms.